The summed E-state index contributed by atoms with van der Waals surface area (Å²) >= 11 is 3.52. The molecule has 0 aliphatic heterocycles. The van der Waals surface area contributed by atoms with Crippen LogP contribution in [0.3, 0.4) is 0 Å². The van der Waals surface area contributed by atoms with Crippen molar-refractivity contribution in [2.75, 3.05) is 13.1 Å². The van der Waals surface area contributed by atoms with Gasteiger partial charge in [-0.1, -0.05) is 18.6 Å². The Kier molecular flexibility index (Phi) is 4.56. The number of rotatable bonds is 5. The standard InChI is InChI=1S/C12H21BrN4/c1-3-7-14-8-9-5-4-6-10(9)11-12(13)15-16-17(11)2/h9-10,14H,3-8H2,1-2H3. The molecule has 1 aromatic rings. The molecule has 1 aliphatic rings. The van der Waals surface area contributed by atoms with Crippen molar-refractivity contribution in [2.24, 2.45) is 13.0 Å². The van der Waals surface area contributed by atoms with Gasteiger partial charge in [-0.2, -0.15) is 0 Å². The van der Waals surface area contributed by atoms with Crippen LogP contribution in [0, 0.1) is 5.92 Å². The Balaban J connectivity index is 2.04. The first-order valence-corrected chi connectivity index (χ1v) is 7.29. The van der Waals surface area contributed by atoms with Gasteiger partial charge in [-0.15, -0.1) is 5.10 Å². The SMILES string of the molecule is CCCNCC1CCCC1c1c(Br)nnn1C. The van der Waals surface area contributed by atoms with Crippen LogP contribution in [-0.4, -0.2) is 28.1 Å². The Morgan fingerprint density at radius 1 is 1.47 bits per heavy atom. The van der Waals surface area contributed by atoms with Crippen molar-refractivity contribution < 1.29 is 0 Å². The average molecular weight is 301 g/mol. The molecule has 0 bridgehead atoms. The van der Waals surface area contributed by atoms with E-state index in [1.54, 1.807) is 0 Å². The number of nitrogens with one attached hydrogen (secondary N) is 1. The molecule has 1 saturated carbocycles. The van der Waals surface area contributed by atoms with Gasteiger partial charge >= 0.3 is 0 Å². The third-order valence-corrected chi connectivity index (χ3v) is 4.24. The number of aryl methyl sites for hydroxylation is 1. The van der Waals surface area contributed by atoms with Crippen molar-refractivity contribution in [1.82, 2.24) is 20.3 Å². The summed E-state index contributed by atoms with van der Waals surface area (Å²) in [5.41, 5.74) is 1.27. The van der Waals surface area contributed by atoms with Crippen LogP contribution in [-0.2, 0) is 7.05 Å². The zero-order valence-electron chi connectivity index (χ0n) is 10.6. The first kappa shape index (κ1) is 13.0. The summed E-state index contributed by atoms with van der Waals surface area (Å²) in [5, 5.41) is 11.7. The molecule has 1 aliphatic carbocycles. The molecule has 1 aromatic heterocycles. The van der Waals surface area contributed by atoms with Crippen molar-refractivity contribution in [3.05, 3.63) is 10.3 Å². The van der Waals surface area contributed by atoms with Gasteiger partial charge in [-0.25, -0.2) is 0 Å². The van der Waals surface area contributed by atoms with Crippen LogP contribution in [0.15, 0.2) is 4.60 Å². The highest BCUT2D eigenvalue weighted by molar-refractivity contribution is 9.10. The molecule has 17 heavy (non-hydrogen) atoms. The number of hydrogen-bond acceptors (Lipinski definition) is 3. The molecule has 4 nitrogen and oxygen atoms in total. The molecule has 2 rings (SSSR count). The summed E-state index contributed by atoms with van der Waals surface area (Å²) in [5.74, 6) is 1.34. The Bertz CT molecular complexity index is 344. The monoisotopic (exact) mass is 300 g/mol. The van der Waals surface area contributed by atoms with E-state index >= 15 is 0 Å². The molecule has 0 radical (unpaired) electrons. The highest BCUT2D eigenvalue weighted by Crippen LogP contribution is 2.40. The smallest absolute Gasteiger partial charge is 0.151 e. The summed E-state index contributed by atoms with van der Waals surface area (Å²) in [4.78, 5) is 0. The molecule has 1 fully saturated rings. The number of hydrogen-bond donors (Lipinski definition) is 1. The van der Waals surface area contributed by atoms with E-state index in [2.05, 4.69) is 38.5 Å². The Labute approximate surface area is 111 Å². The number of nitrogens with zero attached hydrogens (tertiary/aromatic N) is 3. The van der Waals surface area contributed by atoms with Gasteiger partial charge in [0.05, 0.1) is 5.69 Å². The molecule has 0 amide bonds. The van der Waals surface area contributed by atoms with Crippen LogP contribution < -0.4 is 5.32 Å². The van der Waals surface area contributed by atoms with Gasteiger partial charge in [0.2, 0.25) is 0 Å². The molecule has 0 aromatic carbocycles. The second-order valence-corrected chi connectivity index (χ2v) is 5.64. The highest BCUT2D eigenvalue weighted by atomic mass is 79.9. The van der Waals surface area contributed by atoms with E-state index in [-0.39, 0.29) is 0 Å². The maximum absolute atomic E-state index is 4.10. The maximum Gasteiger partial charge on any atom is 0.151 e. The van der Waals surface area contributed by atoms with Crippen molar-refractivity contribution in [2.45, 2.75) is 38.5 Å². The molecule has 2 unspecified atom stereocenters. The molecule has 0 saturated heterocycles. The fraction of sp³-hybridized carbons (Fsp3) is 0.833. The number of halogens is 1. The van der Waals surface area contributed by atoms with Crippen LogP contribution in [0.1, 0.15) is 44.2 Å². The maximum atomic E-state index is 4.10. The molecule has 96 valence electrons. The first-order chi connectivity index (χ1) is 8.24. The summed E-state index contributed by atoms with van der Waals surface area (Å²) in [6, 6.07) is 0. The van der Waals surface area contributed by atoms with Crippen LogP contribution in [0.4, 0.5) is 0 Å². The van der Waals surface area contributed by atoms with E-state index in [1.807, 2.05) is 11.7 Å². The van der Waals surface area contributed by atoms with Gasteiger partial charge in [-0.05, 0) is 54.2 Å². The van der Waals surface area contributed by atoms with Crippen LogP contribution >= 0.6 is 15.9 Å². The predicted molar refractivity (Wildman–Crippen MR) is 71.9 cm³/mol. The van der Waals surface area contributed by atoms with Gasteiger partial charge in [-0.3, -0.25) is 4.68 Å². The van der Waals surface area contributed by atoms with Crippen molar-refractivity contribution in [3.8, 4) is 0 Å². The first-order valence-electron chi connectivity index (χ1n) is 6.49. The van der Waals surface area contributed by atoms with Gasteiger partial charge in [0.25, 0.3) is 0 Å². The van der Waals surface area contributed by atoms with Crippen LogP contribution in [0.2, 0.25) is 0 Å². The second-order valence-electron chi connectivity index (χ2n) is 4.89. The fourth-order valence-corrected chi connectivity index (χ4v) is 3.46. The zero-order chi connectivity index (χ0) is 12.3. The van der Waals surface area contributed by atoms with Gasteiger partial charge < -0.3 is 5.32 Å². The lowest BCUT2D eigenvalue weighted by Crippen LogP contribution is -2.26. The lowest BCUT2D eigenvalue weighted by molar-refractivity contribution is 0.427. The molecular formula is C12H21BrN4. The third-order valence-electron chi connectivity index (χ3n) is 3.67. The lowest BCUT2D eigenvalue weighted by Gasteiger charge is -2.20. The van der Waals surface area contributed by atoms with E-state index in [1.165, 1.54) is 31.4 Å². The van der Waals surface area contributed by atoms with E-state index < -0.39 is 0 Å². The van der Waals surface area contributed by atoms with Crippen LogP contribution in [0.25, 0.3) is 0 Å². The van der Waals surface area contributed by atoms with E-state index in [4.69, 9.17) is 0 Å². The minimum absolute atomic E-state index is 0.605. The zero-order valence-corrected chi connectivity index (χ0v) is 12.2. The van der Waals surface area contributed by atoms with E-state index in [0.717, 1.165) is 23.6 Å². The van der Waals surface area contributed by atoms with Gasteiger partial charge in [0.15, 0.2) is 4.60 Å². The topological polar surface area (TPSA) is 42.7 Å². The summed E-state index contributed by atoms with van der Waals surface area (Å²) < 4.78 is 2.85. The fourth-order valence-electron chi connectivity index (χ4n) is 2.84. The molecule has 2 atom stereocenters. The van der Waals surface area contributed by atoms with E-state index in [0.29, 0.717) is 5.92 Å². The summed E-state index contributed by atoms with van der Waals surface area (Å²) in [6.45, 7) is 4.45. The van der Waals surface area contributed by atoms with Gasteiger partial charge in [0.1, 0.15) is 0 Å². The van der Waals surface area contributed by atoms with Crippen molar-refractivity contribution in [1.29, 1.82) is 0 Å². The summed E-state index contributed by atoms with van der Waals surface area (Å²) in [7, 11) is 1.99. The minimum Gasteiger partial charge on any atom is -0.316 e. The Morgan fingerprint density at radius 3 is 2.94 bits per heavy atom. The lowest BCUT2D eigenvalue weighted by atomic mass is 9.93. The van der Waals surface area contributed by atoms with Gasteiger partial charge in [0, 0.05) is 13.0 Å². The molecule has 0 spiro atoms. The molecular weight excluding hydrogens is 280 g/mol. The minimum atomic E-state index is 0.605. The highest BCUT2D eigenvalue weighted by Gasteiger charge is 2.32. The van der Waals surface area contributed by atoms with Crippen LogP contribution in [0.5, 0.6) is 0 Å². The summed E-state index contributed by atoms with van der Waals surface area (Å²) in [6.07, 6.45) is 5.10. The van der Waals surface area contributed by atoms with Crippen molar-refractivity contribution >= 4 is 15.9 Å². The molecule has 5 heteroatoms. The normalized spacial score (nSPS) is 24.4. The van der Waals surface area contributed by atoms with E-state index in [9.17, 15) is 0 Å². The average Bonchev–Trinajstić information content (AvgIpc) is 2.87. The third kappa shape index (κ3) is 2.88. The molecule has 1 N–H and O–H groups in total. The second kappa shape index (κ2) is 5.96. The Morgan fingerprint density at radius 2 is 2.29 bits per heavy atom. The molecule has 1 heterocycles. The largest absolute Gasteiger partial charge is 0.316 e. The Hall–Kier alpha value is -0.420. The van der Waals surface area contributed by atoms with Crippen molar-refractivity contribution in [3.63, 3.8) is 0 Å². The quantitative estimate of drug-likeness (QED) is 0.850. The number of aromatic nitrogens is 3. The predicted octanol–water partition coefficient (Wildman–Crippen LogP) is 2.46.